The molecule has 6 nitrogen and oxygen atoms in total. The number of nitrogens with one attached hydrogen (secondary N) is 1. The number of hydrogen-bond acceptors (Lipinski definition) is 4. The Morgan fingerprint density at radius 1 is 1.11 bits per heavy atom. The summed E-state index contributed by atoms with van der Waals surface area (Å²) in [7, 11) is 0. The molecule has 19 heavy (non-hydrogen) atoms. The van der Waals surface area contributed by atoms with Gasteiger partial charge >= 0.3 is 0 Å². The second kappa shape index (κ2) is 5.09. The van der Waals surface area contributed by atoms with E-state index in [4.69, 9.17) is 0 Å². The largest absolute Gasteiger partial charge is 0.368 e. The maximum absolute atomic E-state index is 12.1. The molecule has 1 saturated heterocycles. The van der Waals surface area contributed by atoms with Gasteiger partial charge in [-0.1, -0.05) is 18.2 Å². The highest BCUT2D eigenvalue weighted by Crippen LogP contribution is 2.16. The van der Waals surface area contributed by atoms with E-state index >= 15 is 0 Å². The second-order valence-electron chi connectivity index (χ2n) is 4.47. The first-order chi connectivity index (χ1) is 9.34. The van der Waals surface area contributed by atoms with Gasteiger partial charge in [0.1, 0.15) is 0 Å². The number of rotatable bonds is 2. The highest BCUT2D eigenvalue weighted by Gasteiger charge is 2.23. The highest BCUT2D eigenvalue weighted by atomic mass is 16.2. The number of piperazine rings is 1. The Bertz CT molecular complexity index is 531. The molecule has 0 aliphatic carbocycles. The van der Waals surface area contributed by atoms with Crippen LogP contribution in [0.15, 0.2) is 36.5 Å². The second-order valence-corrected chi connectivity index (χ2v) is 4.47. The summed E-state index contributed by atoms with van der Waals surface area (Å²) in [6.07, 6.45) is 1.46. The van der Waals surface area contributed by atoms with Gasteiger partial charge in [0.15, 0.2) is 5.69 Å². The smallest absolute Gasteiger partial charge is 0.276 e. The first-order valence-corrected chi connectivity index (χ1v) is 6.29. The summed E-state index contributed by atoms with van der Waals surface area (Å²) in [5.41, 5.74) is 1.59. The van der Waals surface area contributed by atoms with Crippen LogP contribution in [0.2, 0.25) is 0 Å². The standard InChI is InChI=1S/C13H15N5O/c19-13(12-10-14-16-15-12)18-8-6-17(7-9-18)11-4-2-1-3-5-11/h1-5,10H,6-9H2,(H,14,15,16). The molecular weight excluding hydrogens is 242 g/mol. The van der Waals surface area contributed by atoms with E-state index in [0.717, 1.165) is 13.1 Å². The van der Waals surface area contributed by atoms with E-state index in [1.54, 1.807) is 0 Å². The fraction of sp³-hybridized carbons (Fsp3) is 0.308. The number of para-hydroxylation sites is 1. The third-order valence-corrected chi connectivity index (χ3v) is 3.32. The summed E-state index contributed by atoms with van der Waals surface area (Å²) in [6, 6.07) is 10.3. The van der Waals surface area contributed by atoms with Crippen LogP contribution in [0.4, 0.5) is 5.69 Å². The predicted octanol–water partition coefficient (Wildman–Crippen LogP) is 0.767. The molecule has 2 aromatic rings. The molecule has 0 saturated carbocycles. The van der Waals surface area contributed by atoms with Crippen molar-refractivity contribution in [3.63, 3.8) is 0 Å². The van der Waals surface area contributed by atoms with Crippen molar-refractivity contribution in [2.75, 3.05) is 31.1 Å². The van der Waals surface area contributed by atoms with Gasteiger partial charge < -0.3 is 9.80 Å². The Morgan fingerprint density at radius 3 is 2.47 bits per heavy atom. The summed E-state index contributed by atoms with van der Waals surface area (Å²) in [4.78, 5) is 16.2. The lowest BCUT2D eigenvalue weighted by Crippen LogP contribution is -2.48. The average Bonchev–Trinajstić information content (AvgIpc) is 3.02. The van der Waals surface area contributed by atoms with Crippen LogP contribution in [0.1, 0.15) is 10.5 Å². The van der Waals surface area contributed by atoms with Gasteiger partial charge in [0.05, 0.1) is 6.20 Å². The Hall–Kier alpha value is -2.37. The van der Waals surface area contributed by atoms with Gasteiger partial charge in [-0.05, 0) is 12.1 Å². The number of amides is 1. The van der Waals surface area contributed by atoms with E-state index in [1.165, 1.54) is 11.9 Å². The molecule has 98 valence electrons. The van der Waals surface area contributed by atoms with Gasteiger partial charge in [-0.25, -0.2) is 0 Å². The zero-order valence-corrected chi connectivity index (χ0v) is 10.5. The van der Waals surface area contributed by atoms with Crippen LogP contribution < -0.4 is 4.90 Å². The summed E-state index contributed by atoms with van der Waals surface area (Å²) < 4.78 is 0. The molecule has 1 aliphatic rings. The summed E-state index contributed by atoms with van der Waals surface area (Å²) in [6.45, 7) is 3.10. The molecule has 0 atom stereocenters. The van der Waals surface area contributed by atoms with Gasteiger partial charge in [0.2, 0.25) is 0 Å². The topological polar surface area (TPSA) is 65.1 Å². The molecule has 6 heteroatoms. The van der Waals surface area contributed by atoms with E-state index in [-0.39, 0.29) is 5.91 Å². The molecule has 0 unspecified atom stereocenters. The van der Waals surface area contributed by atoms with Gasteiger partial charge in [-0.2, -0.15) is 15.4 Å². The van der Waals surface area contributed by atoms with Gasteiger partial charge in [-0.3, -0.25) is 4.79 Å². The molecule has 1 aromatic heterocycles. The van der Waals surface area contributed by atoms with Gasteiger partial charge in [-0.15, -0.1) is 0 Å². The van der Waals surface area contributed by atoms with Crippen molar-refractivity contribution < 1.29 is 4.79 Å². The van der Waals surface area contributed by atoms with Crippen LogP contribution >= 0.6 is 0 Å². The average molecular weight is 257 g/mol. The maximum atomic E-state index is 12.1. The van der Waals surface area contributed by atoms with Crippen molar-refractivity contribution in [3.05, 3.63) is 42.2 Å². The van der Waals surface area contributed by atoms with Gasteiger partial charge in [0.25, 0.3) is 5.91 Å². The van der Waals surface area contributed by atoms with E-state index in [1.807, 2.05) is 23.1 Å². The summed E-state index contributed by atoms with van der Waals surface area (Å²) >= 11 is 0. The maximum Gasteiger partial charge on any atom is 0.276 e. The zero-order chi connectivity index (χ0) is 13.1. The predicted molar refractivity (Wildman–Crippen MR) is 70.9 cm³/mol. The van der Waals surface area contributed by atoms with Crippen LogP contribution in [0.5, 0.6) is 0 Å². The van der Waals surface area contributed by atoms with Crippen molar-refractivity contribution in [2.24, 2.45) is 0 Å². The molecule has 0 spiro atoms. The SMILES string of the molecule is O=C(c1cn[nH]n1)N1CCN(c2ccccc2)CC1. The van der Waals surface area contributed by atoms with Crippen molar-refractivity contribution in [2.45, 2.75) is 0 Å². The molecule has 0 radical (unpaired) electrons. The van der Waals surface area contributed by atoms with E-state index in [2.05, 4.69) is 32.4 Å². The number of H-pyrrole nitrogens is 1. The lowest BCUT2D eigenvalue weighted by atomic mass is 10.2. The van der Waals surface area contributed by atoms with Crippen LogP contribution in [0.25, 0.3) is 0 Å². The minimum absolute atomic E-state index is 0.0542. The molecular formula is C13H15N5O. The third kappa shape index (κ3) is 2.42. The minimum Gasteiger partial charge on any atom is -0.368 e. The molecule has 1 aromatic carbocycles. The Kier molecular flexibility index (Phi) is 3.14. The molecule has 3 rings (SSSR count). The number of hydrogen-bond donors (Lipinski definition) is 1. The van der Waals surface area contributed by atoms with Crippen molar-refractivity contribution in [1.82, 2.24) is 20.3 Å². The van der Waals surface area contributed by atoms with E-state index < -0.39 is 0 Å². The Labute approximate surface area is 111 Å². The summed E-state index contributed by atoms with van der Waals surface area (Å²) in [5, 5.41) is 9.96. The number of aromatic nitrogens is 3. The summed E-state index contributed by atoms with van der Waals surface area (Å²) in [5.74, 6) is -0.0542. The molecule has 1 aliphatic heterocycles. The molecule has 2 heterocycles. The molecule has 0 bridgehead atoms. The van der Waals surface area contributed by atoms with Crippen molar-refractivity contribution in [3.8, 4) is 0 Å². The molecule has 1 fully saturated rings. The number of anilines is 1. The van der Waals surface area contributed by atoms with Crippen LogP contribution in [0, 0.1) is 0 Å². The zero-order valence-electron chi connectivity index (χ0n) is 10.5. The monoisotopic (exact) mass is 257 g/mol. The Morgan fingerprint density at radius 2 is 1.84 bits per heavy atom. The van der Waals surface area contributed by atoms with Crippen LogP contribution in [-0.2, 0) is 0 Å². The molecule has 1 N–H and O–H groups in total. The van der Waals surface area contributed by atoms with E-state index in [9.17, 15) is 4.79 Å². The fourth-order valence-electron chi connectivity index (χ4n) is 2.27. The van der Waals surface area contributed by atoms with Crippen molar-refractivity contribution >= 4 is 11.6 Å². The van der Waals surface area contributed by atoms with Gasteiger partial charge in [0, 0.05) is 31.9 Å². The lowest BCUT2D eigenvalue weighted by molar-refractivity contribution is 0.0741. The van der Waals surface area contributed by atoms with Crippen LogP contribution in [-0.4, -0.2) is 52.4 Å². The van der Waals surface area contributed by atoms with E-state index in [0.29, 0.717) is 18.8 Å². The Balaban J connectivity index is 1.62. The first kappa shape index (κ1) is 11.7. The fourth-order valence-corrected chi connectivity index (χ4v) is 2.27. The lowest BCUT2D eigenvalue weighted by Gasteiger charge is -2.35. The number of aromatic amines is 1. The number of benzene rings is 1. The number of carbonyl (C=O) groups excluding carboxylic acids is 1. The quantitative estimate of drug-likeness (QED) is 0.863. The number of nitrogens with zero attached hydrogens (tertiary/aromatic N) is 4. The van der Waals surface area contributed by atoms with Crippen LogP contribution in [0.3, 0.4) is 0 Å². The highest BCUT2D eigenvalue weighted by molar-refractivity contribution is 5.92. The van der Waals surface area contributed by atoms with Crippen molar-refractivity contribution in [1.29, 1.82) is 0 Å². The normalized spacial score (nSPS) is 15.6. The minimum atomic E-state index is -0.0542. The third-order valence-electron chi connectivity index (χ3n) is 3.32. The first-order valence-electron chi connectivity index (χ1n) is 6.29. The number of carbonyl (C=O) groups is 1. The molecule has 1 amide bonds.